The normalized spacial score (nSPS) is 11.4. The molecule has 0 saturated heterocycles. The van der Waals surface area contributed by atoms with Gasteiger partial charge in [0.2, 0.25) is 0 Å². The maximum Gasteiger partial charge on any atom is 0.388 e. The van der Waals surface area contributed by atoms with Gasteiger partial charge < -0.3 is 20.0 Å². The molecule has 0 aliphatic heterocycles. The molecule has 128 valence electrons. The van der Waals surface area contributed by atoms with Gasteiger partial charge in [-0.1, -0.05) is 18.2 Å². The second-order valence-corrected chi connectivity index (χ2v) is 8.76. The number of carbonyl (C=O) groups is 1. The standard InChI is InChI=1S/C16H17O6PS/c17-12-6-1-4-11(10-12)5-2-7-13(18)16-14(19)8-3-9-15(16)24-23(20,21)22/h1,3-4,6,8-10,17,19H,2,5,7H2,(H2,20,21,22). The first-order valence-electron chi connectivity index (χ1n) is 7.14. The van der Waals surface area contributed by atoms with Crippen molar-refractivity contribution < 1.29 is 29.4 Å². The zero-order valence-electron chi connectivity index (χ0n) is 12.6. The third kappa shape index (κ3) is 5.39. The first-order chi connectivity index (χ1) is 11.3. The smallest absolute Gasteiger partial charge is 0.388 e. The molecule has 0 amide bonds. The van der Waals surface area contributed by atoms with E-state index in [-0.39, 0.29) is 45.5 Å². The van der Waals surface area contributed by atoms with Gasteiger partial charge in [0.05, 0.1) is 5.56 Å². The van der Waals surface area contributed by atoms with Gasteiger partial charge in [-0.25, -0.2) is 4.57 Å². The summed E-state index contributed by atoms with van der Waals surface area (Å²) in [6.45, 7) is -4.43. The summed E-state index contributed by atoms with van der Waals surface area (Å²) in [5.41, 5.74) is 0.812. The Labute approximate surface area is 143 Å². The minimum absolute atomic E-state index is 0.0608. The van der Waals surface area contributed by atoms with Crippen LogP contribution in [0.5, 0.6) is 11.5 Å². The molecular weight excluding hydrogens is 351 g/mol. The summed E-state index contributed by atoms with van der Waals surface area (Å²) in [5.74, 6) is -0.528. The number of carbonyl (C=O) groups excluding carboxylic acids is 1. The molecule has 0 aliphatic carbocycles. The quantitative estimate of drug-likeness (QED) is 0.437. The van der Waals surface area contributed by atoms with Crippen molar-refractivity contribution in [1.29, 1.82) is 0 Å². The summed E-state index contributed by atoms with van der Waals surface area (Å²) in [4.78, 5) is 30.6. The zero-order chi connectivity index (χ0) is 17.7. The number of benzene rings is 2. The second kappa shape index (κ2) is 7.85. The van der Waals surface area contributed by atoms with Crippen molar-refractivity contribution in [2.24, 2.45) is 0 Å². The highest BCUT2D eigenvalue weighted by Gasteiger charge is 2.23. The molecule has 0 aromatic heterocycles. The monoisotopic (exact) mass is 368 g/mol. The van der Waals surface area contributed by atoms with Crippen molar-refractivity contribution in [3.63, 3.8) is 0 Å². The summed E-state index contributed by atoms with van der Waals surface area (Å²) in [5, 5.41) is 19.3. The number of Topliss-reactive ketones (excluding diaryl/α,β-unsaturated/α-hetero) is 1. The Balaban J connectivity index is 2.08. The molecule has 0 aliphatic rings. The zero-order valence-corrected chi connectivity index (χ0v) is 14.3. The highest BCUT2D eigenvalue weighted by molar-refractivity contribution is 8.54. The van der Waals surface area contributed by atoms with Crippen LogP contribution >= 0.6 is 18.2 Å². The SMILES string of the molecule is O=C(CCCc1cccc(O)c1)c1c(O)cccc1SP(=O)(O)O. The molecule has 8 heteroatoms. The Hall–Kier alpha value is -1.79. The van der Waals surface area contributed by atoms with E-state index in [1.165, 1.54) is 18.2 Å². The van der Waals surface area contributed by atoms with E-state index in [2.05, 4.69) is 0 Å². The average Bonchev–Trinajstić information content (AvgIpc) is 2.45. The lowest BCUT2D eigenvalue weighted by atomic mass is 10.0. The molecule has 0 spiro atoms. The molecule has 2 aromatic rings. The second-order valence-electron chi connectivity index (χ2n) is 5.18. The predicted octanol–water partition coefficient (Wildman–Crippen LogP) is 3.49. The van der Waals surface area contributed by atoms with E-state index >= 15 is 0 Å². The molecule has 0 bridgehead atoms. The summed E-state index contributed by atoms with van der Waals surface area (Å²) < 4.78 is 11.2. The van der Waals surface area contributed by atoms with E-state index in [0.29, 0.717) is 12.8 Å². The number of hydrogen-bond donors (Lipinski definition) is 4. The van der Waals surface area contributed by atoms with E-state index in [9.17, 15) is 19.6 Å². The lowest BCUT2D eigenvalue weighted by Crippen LogP contribution is -2.02. The summed E-state index contributed by atoms with van der Waals surface area (Å²) >= 11 is 0.254. The molecule has 2 rings (SSSR count). The molecule has 0 fully saturated rings. The topological polar surface area (TPSA) is 115 Å². The van der Waals surface area contributed by atoms with Crippen molar-refractivity contribution in [3.05, 3.63) is 53.6 Å². The Morgan fingerprint density at radius 2 is 1.79 bits per heavy atom. The largest absolute Gasteiger partial charge is 0.508 e. The average molecular weight is 368 g/mol. The molecule has 6 nitrogen and oxygen atoms in total. The van der Waals surface area contributed by atoms with Gasteiger partial charge in [0.1, 0.15) is 11.5 Å². The van der Waals surface area contributed by atoms with Crippen LogP contribution in [0.1, 0.15) is 28.8 Å². The van der Waals surface area contributed by atoms with E-state index in [4.69, 9.17) is 9.79 Å². The van der Waals surface area contributed by atoms with Crippen LogP contribution in [0.15, 0.2) is 47.4 Å². The maximum absolute atomic E-state index is 12.4. The number of hydrogen-bond acceptors (Lipinski definition) is 5. The van der Waals surface area contributed by atoms with Gasteiger partial charge in [-0.15, -0.1) is 0 Å². The third-order valence-electron chi connectivity index (χ3n) is 3.28. The lowest BCUT2D eigenvalue weighted by molar-refractivity contribution is 0.0974. The Bertz CT molecular complexity index is 786. The fourth-order valence-corrected chi connectivity index (χ4v) is 4.22. The van der Waals surface area contributed by atoms with E-state index in [1.807, 2.05) is 6.07 Å². The van der Waals surface area contributed by atoms with Crippen LogP contribution in [0.4, 0.5) is 0 Å². The fraction of sp³-hybridized carbons (Fsp3) is 0.188. The molecule has 0 unspecified atom stereocenters. The van der Waals surface area contributed by atoms with E-state index in [1.54, 1.807) is 18.2 Å². The van der Waals surface area contributed by atoms with Crippen LogP contribution in [-0.4, -0.2) is 25.8 Å². The Morgan fingerprint density at radius 1 is 1.08 bits per heavy atom. The van der Waals surface area contributed by atoms with Crippen LogP contribution in [0.3, 0.4) is 0 Å². The molecule has 4 N–H and O–H groups in total. The minimum atomic E-state index is -4.43. The number of aromatic hydroxyl groups is 2. The van der Waals surface area contributed by atoms with Crippen LogP contribution < -0.4 is 0 Å². The van der Waals surface area contributed by atoms with Crippen LogP contribution in [0.25, 0.3) is 0 Å². The van der Waals surface area contributed by atoms with Crippen molar-refractivity contribution in [1.82, 2.24) is 0 Å². The van der Waals surface area contributed by atoms with Gasteiger partial charge in [-0.3, -0.25) is 4.79 Å². The highest BCUT2D eigenvalue weighted by Crippen LogP contribution is 2.56. The van der Waals surface area contributed by atoms with Gasteiger partial charge in [-0.2, -0.15) is 0 Å². The molecule has 0 radical (unpaired) electrons. The number of phenols is 2. The van der Waals surface area contributed by atoms with Gasteiger partial charge in [0.25, 0.3) is 0 Å². The Morgan fingerprint density at radius 3 is 2.46 bits per heavy atom. The van der Waals surface area contributed by atoms with Crippen LogP contribution in [-0.2, 0) is 11.0 Å². The van der Waals surface area contributed by atoms with Gasteiger partial charge >= 0.3 is 6.80 Å². The Kier molecular flexibility index (Phi) is 6.07. The summed E-state index contributed by atoms with van der Waals surface area (Å²) in [6, 6.07) is 10.8. The first-order valence-corrected chi connectivity index (χ1v) is 10.2. The summed E-state index contributed by atoms with van der Waals surface area (Å²) in [7, 11) is 0. The van der Waals surface area contributed by atoms with Crippen molar-refractivity contribution in [2.75, 3.05) is 0 Å². The van der Waals surface area contributed by atoms with Gasteiger partial charge in [0, 0.05) is 11.3 Å². The van der Waals surface area contributed by atoms with Crippen molar-refractivity contribution in [3.8, 4) is 11.5 Å². The maximum atomic E-state index is 12.4. The molecule has 0 atom stereocenters. The van der Waals surface area contributed by atoms with Crippen molar-refractivity contribution in [2.45, 2.75) is 24.2 Å². The fourth-order valence-electron chi connectivity index (χ4n) is 2.29. The van der Waals surface area contributed by atoms with E-state index < -0.39 is 6.80 Å². The molecular formula is C16H17O6PS. The predicted molar refractivity (Wildman–Crippen MR) is 91.4 cm³/mol. The van der Waals surface area contributed by atoms with E-state index in [0.717, 1.165) is 5.56 Å². The molecule has 0 heterocycles. The number of ketones is 1. The number of aryl methyl sites for hydroxylation is 1. The third-order valence-corrected chi connectivity index (χ3v) is 5.36. The molecule has 2 aromatic carbocycles. The minimum Gasteiger partial charge on any atom is -0.508 e. The first kappa shape index (κ1) is 18.5. The highest BCUT2D eigenvalue weighted by atomic mass is 32.7. The van der Waals surface area contributed by atoms with Crippen LogP contribution in [0, 0.1) is 0 Å². The van der Waals surface area contributed by atoms with Gasteiger partial charge in [0.15, 0.2) is 5.78 Å². The molecule has 24 heavy (non-hydrogen) atoms. The van der Waals surface area contributed by atoms with Crippen LogP contribution in [0.2, 0.25) is 0 Å². The number of rotatable bonds is 7. The van der Waals surface area contributed by atoms with Gasteiger partial charge in [-0.05, 0) is 54.1 Å². The number of phenolic OH excluding ortho intramolecular Hbond substituents is 2. The van der Waals surface area contributed by atoms with Crippen molar-refractivity contribution >= 4 is 24.0 Å². The lowest BCUT2D eigenvalue weighted by Gasteiger charge is -2.11. The molecule has 0 saturated carbocycles. The summed E-state index contributed by atoms with van der Waals surface area (Å²) in [6.07, 6.45) is 1.16.